The molecule has 6 nitrogen and oxygen atoms in total. The number of fused-ring (bicyclic) bond motifs is 1. The molecule has 0 radical (unpaired) electrons. The minimum atomic E-state index is -0.234. The van der Waals surface area contributed by atoms with Gasteiger partial charge in [-0.2, -0.15) is 5.10 Å². The Labute approximate surface area is 186 Å². The molecule has 0 spiro atoms. The maximum absolute atomic E-state index is 13.0. The molecule has 1 N–H and O–H groups in total. The first-order valence-electron chi connectivity index (χ1n) is 10.6. The number of carbonyl (C=O) groups is 1. The fraction of sp³-hybridized carbons (Fsp3) is 0.154. The van der Waals surface area contributed by atoms with Gasteiger partial charge in [-0.1, -0.05) is 54.6 Å². The smallest absolute Gasteiger partial charge is 0.252 e. The number of rotatable bonds is 6. The van der Waals surface area contributed by atoms with Gasteiger partial charge in [-0.15, -0.1) is 0 Å². The van der Waals surface area contributed by atoms with Crippen molar-refractivity contribution in [2.75, 3.05) is 13.2 Å². The fourth-order valence-corrected chi connectivity index (χ4v) is 3.77. The van der Waals surface area contributed by atoms with E-state index in [1.165, 1.54) is 0 Å². The van der Waals surface area contributed by atoms with Crippen LogP contribution >= 0.6 is 0 Å². The maximum Gasteiger partial charge on any atom is 0.252 e. The number of carbonyl (C=O) groups excluding carboxylic acids is 1. The zero-order chi connectivity index (χ0) is 21.8. The third-order valence-electron chi connectivity index (χ3n) is 5.40. The summed E-state index contributed by atoms with van der Waals surface area (Å²) in [5.74, 6) is 1.30. The van der Waals surface area contributed by atoms with E-state index in [2.05, 4.69) is 22.5 Å². The number of ether oxygens (including phenoxy) is 2. The van der Waals surface area contributed by atoms with E-state index in [0.717, 1.165) is 22.4 Å². The number of para-hydroxylation sites is 2. The molecule has 1 atom stereocenters. The van der Waals surface area contributed by atoms with Crippen molar-refractivity contribution in [3.63, 3.8) is 0 Å². The normalized spacial score (nSPS) is 14.7. The van der Waals surface area contributed by atoms with E-state index in [1.807, 2.05) is 77.6 Å². The molecule has 1 aliphatic rings. The highest BCUT2D eigenvalue weighted by Gasteiger charge is 2.22. The van der Waals surface area contributed by atoms with Crippen LogP contribution in [0.1, 0.15) is 15.9 Å². The van der Waals surface area contributed by atoms with Crippen LogP contribution in [0, 0.1) is 0 Å². The molecule has 0 aliphatic carbocycles. The summed E-state index contributed by atoms with van der Waals surface area (Å²) < 4.78 is 13.6. The molecule has 6 heteroatoms. The summed E-state index contributed by atoms with van der Waals surface area (Å²) in [7, 11) is 0. The molecule has 0 saturated heterocycles. The number of nitrogens with zero attached hydrogens (tertiary/aromatic N) is 2. The van der Waals surface area contributed by atoms with E-state index in [4.69, 9.17) is 9.47 Å². The Hall–Kier alpha value is -4.06. The molecular formula is C26H23N3O3. The summed E-state index contributed by atoms with van der Waals surface area (Å²) in [6.07, 6.45) is 3.47. The highest BCUT2D eigenvalue weighted by atomic mass is 16.6. The van der Waals surface area contributed by atoms with Crippen LogP contribution in [-0.4, -0.2) is 34.9 Å². The van der Waals surface area contributed by atoms with Crippen LogP contribution in [0.4, 0.5) is 0 Å². The molecule has 5 rings (SSSR count). The molecule has 3 aromatic carbocycles. The van der Waals surface area contributed by atoms with Gasteiger partial charge in [0.2, 0.25) is 0 Å². The topological polar surface area (TPSA) is 65.4 Å². The van der Waals surface area contributed by atoms with Crippen molar-refractivity contribution in [2.24, 2.45) is 0 Å². The first-order valence-corrected chi connectivity index (χ1v) is 10.6. The number of amides is 1. The summed E-state index contributed by atoms with van der Waals surface area (Å²) in [5, 5.41) is 7.24. The lowest BCUT2D eigenvalue weighted by molar-refractivity contribution is 0.0789. The highest BCUT2D eigenvalue weighted by molar-refractivity contribution is 6.00. The second-order valence-corrected chi connectivity index (χ2v) is 7.65. The SMILES string of the molecule is O=C(NC[C@H]1COc2ccccc2O1)c1ccccc1-c1ccc(Cn2cccn2)cc1. The molecular weight excluding hydrogens is 402 g/mol. The van der Waals surface area contributed by atoms with E-state index in [-0.39, 0.29) is 12.0 Å². The zero-order valence-corrected chi connectivity index (χ0v) is 17.5. The van der Waals surface area contributed by atoms with Crippen molar-refractivity contribution in [3.05, 3.63) is 102 Å². The van der Waals surface area contributed by atoms with E-state index in [9.17, 15) is 4.79 Å². The van der Waals surface area contributed by atoms with Gasteiger partial charge >= 0.3 is 0 Å². The van der Waals surface area contributed by atoms with Crippen molar-refractivity contribution in [1.82, 2.24) is 15.1 Å². The standard InChI is InChI=1S/C26H23N3O3/c30-26(27-16-21-18-31-24-8-3-4-9-25(24)32-21)23-7-2-1-6-22(23)20-12-10-19(11-13-20)17-29-15-5-14-28-29/h1-15,21H,16-18H2,(H,27,30)/t21-/m0/s1. The minimum Gasteiger partial charge on any atom is -0.486 e. The maximum atomic E-state index is 13.0. The Morgan fingerprint density at radius 2 is 1.75 bits per heavy atom. The summed E-state index contributed by atoms with van der Waals surface area (Å²) in [6.45, 7) is 1.48. The second kappa shape index (κ2) is 8.98. The molecule has 0 unspecified atom stereocenters. The van der Waals surface area contributed by atoms with E-state index >= 15 is 0 Å². The Bertz CT molecular complexity index is 1200. The van der Waals surface area contributed by atoms with Crippen molar-refractivity contribution < 1.29 is 14.3 Å². The Morgan fingerprint density at radius 1 is 0.969 bits per heavy atom. The lowest BCUT2D eigenvalue weighted by atomic mass is 9.98. The zero-order valence-electron chi connectivity index (χ0n) is 17.5. The van der Waals surface area contributed by atoms with Gasteiger partial charge in [-0.05, 0) is 41.0 Å². The lowest BCUT2D eigenvalue weighted by Gasteiger charge is -2.26. The third kappa shape index (κ3) is 4.34. The van der Waals surface area contributed by atoms with Crippen molar-refractivity contribution in [2.45, 2.75) is 12.6 Å². The number of aromatic nitrogens is 2. The van der Waals surface area contributed by atoms with Gasteiger partial charge in [-0.25, -0.2) is 0 Å². The summed E-state index contributed by atoms with van der Waals surface area (Å²) in [6, 6.07) is 25.3. The predicted molar refractivity (Wildman–Crippen MR) is 122 cm³/mol. The van der Waals surface area contributed by atoms with Crippen LogP contribution in [0.15, 0.2) is 91.3 Å². The van der Waals surface area contributed by atoms with Gasteiger partial charge in [0, 0.05) is 18.0 Å². The summed E-state index contributed by atoms with van der Waals surface area (Å²) in [4.78, 5) is 13.0. The predicted octanol–water partition coefficient (Wildman–Crippen LogP) is 4.17. The molecule has 4 aromatic rings. The number of hydrogen-bond donors (Lipinski definition) is 1. The monoisotopic (exact) mass is 425 g/mol. The average molecular weight is 425 g/mol. The molecule has 1 amide bonds. The Morgan fingerprint density at radius 3 is 2.56 bits per heavy atom. The van der Waals surface area contributed by atoms with Crippen molar-refractivity contribution in [3.8, 4) is 22.6 Å². The number of nitrogens with one attached hydrogen (secondary N) is 1. The van der Waals surface area contributed by atoms with Gasteiger partial charge < -0.3 is 14.8 Å². The van der Waals surface area contributed by atoms with Crippen molar-refractivity contribution in [1.29, 1.82) is 0 Å². The Balaban J connectivity index is 1.26. The molecule has 0 saturated carbocycles. The van der Waals surface area contributed by atoms with Crippen LogP contribution in [0.2, 0.25) is 0 Å². The highest BCUT2D eigenvalue weighted by Crippen LogP contribution is 2.30. The molecule has 1 aromatic heterocycles. The van der Waals surface area contributed by atoms with Gasteiger partial charge in [0.05, 0.1) is 13.1 Å². The first kappa shape index (κ1) is 19.9. The summed E-state index contributed by atoms with van der Waals surface area (Å²) in [5.41, 5.74) is 3.66. The van der Waals surface area contributed by atoms with Gasteiger partial charge in [-0.3, -0.25) is 9.48 Å². The van der Waals surface area contributed by atoms with Gasteiger partial charge in [0.1, 0.15) is 12.7 Å². The molecule has 1 aliphatic heterocycles. The molecule has 0 bridgehead atoms. The van der Waals surface area contributed by atoms with Crippen LogP contribution in [0.5, 0.6) is 11.5 Å². The van der Waals surface area contributed by atoms with Crippen LogP contribution in [0.25, 0.3) is 11.1 Å². The second-order valence-electron chi connectivity index (χ2n) is 7.65. The summed E-state index contributed by atoms with van der Waals surface area (Å²) >= 11 is 0. The van der Waals surface area contributed by atoms with Gasteiger partial charge in [0.15, 0.2) is 11.5 Å². The number of benzene rings is 3. The Kier molecular flexibility index (Phi) is 5.58. The molecule has 160 valence electrons. The van der Waals surface area contributed by atoms with Gasteiger partial charge in [0.25, 0.3) is 5.91 Å². The van der Waals surface area contributed by atoms with E-state index in [1.54, 1.807) is 6.20 Å². The minimum absolute atomic E-state index is 0.135. The van der Waals surface area contributed by atoms with Crippen LogP contribution in [0.3, 0.4) is 0 Å². The van der Waals surface area contributed by atoms with E-state index in [0.29, 0.717) is 31.0 Å². The van der Waals surface area contributed by atoms with Crippen molar-refractivity contribution >= 4 is 5.91 Å². The molecule has 0 fully saturated rings. The third-order valence-corrected chi connectivity index (χ3v) is 5.40. The van der Waals surface area contributed by atoms with Crippen LogP contribution < -0.4 is 14.8 Å². The number of hydrogen-bond acceptors (Lipinski definition) is 4. The average Bonchev–Trinajstić information content (AvgIpc) is 3.36. The quantitative estimate of drug-likeness (QED) is 0.504. The largest absolute Gasteiger partial charge is 0.486 e. The molecule has 2 heterocycles. The lowest BCUT2D eigenvalue weighted by Crippen LogP contribution is -2.40. The first-order chi connectivity index (χ1) is 15.8. The van der Waals surface area contributed by atoms with Crippen LogP contribution in [-0.2, 0) is 6.54 Å². The fourth-order valence-electron chi connectivity index (χ4n) is 3.77. The molecule has 32 heavy (non-hydrogen) atoms. The van der Waals surface area contributed by atoms with E-state index < -0.39 is 0 Å².